The van der Waals surface area contributed by atoms with Crippen molar-refractivity contribution >= 4 is 33.4 Å². The molecule has 0 aliphatic heterocycles. The SMILES string of the molecule is Nc1csc(-c2ccc(N)s2)c1. The molecule has 12 heavy (non-hydrogen) atoms. The molecule has 2 rings (SSSR count). The van der Waals surface area contributed by atoms with E-state index in [0.29, 0.717) is 0 Å². The van der Waals surface area contributed by atoms with Crippen LogP contribution in [0.3, 0.4) is 0 Å². The van der Waals surface area contributed by atoms with Gasteiger partial charge in [-0.1, -0.05) is 0 Å². The third kappa shape index (κ3) is 1.31. The number of hydrogen-bond donors (Lipinski definition) is 2. The minimum atomic E-state index is 0.821. The lowest BCUT2D eigenvalue weighted by Gasteiger charge is -1.86. The summed E-state index contributed by atoms with van der Waals surface area (Å²) in [6.45, 7) is 0. The van der Waals surface area contributed by atoms with E-state index in [2.05, 4.69) is 0 Å². The predicted octanol–water partition coefficient (Wildman–Crippen LogP) is 2.64. The molecule has 2 heterocycles. The van der Waals surface area contributed by atoms with Crippen LogP contribution in [0, 0.1) is 0 Å². The first kappa shape index (κ1) is 7.64. The van der Waals surface area contributed by atoms with Gasteiger partial charge in [0.15, 0.2) is 0 Å². The molecule has 0 saturated carbocycles. The standard InChI is InChI=1S/C8H8N2S2/c9-5-3-7(11-4-5)6-1-2-8(10)12-6/h1-4H,9-10H2. The Morgan fingerprint density at radius 2 is 1.92 bits per heavy atom. The Bertz CT molecular complexity index is 351. The summed E-state index contributed by atoms with van der Waals surface area (Å²) < 4.78 is 0. The highest BCUT2D eigenvalue weighted by atomic mass is 32.1. The Morgan fingerprint density at radius 3 is 2.42 bits per heavy atom. The number of anilines is 2. The Labute approximate surface area is 78.4 Å². The molecule has 4 heteroatoms. The Morgan fingerprint density at radius 1 is 1.08 bits per heavy atom. The molecule has 2 nitrogen and oxygen atoms in total. The van der Waals surface area contributed by atoms with Crippen LogP contribution >= 0.6 is 22.7 Å². The maximum atomic E-state index is 5.61. The number of thiophene rings is 2. The second-order valence-electron chi connectivity index (χ2n) is 2.45. The second-order valence-corrected chi connectivity index (χ2v) is 4.47. The fourth-order valence-corrected chi connectivity index (χ4v) is 2.64. The highest BCUT2D eigenvalue weighted by Crippen LogP contribution is 2.34. The molecule has 2 aromatic rings. The molecule has 0 amide bonds. The summed E-state index contributed by atoms with van der Waals surface area (Å²) in [7, 11) is 0. The molecule has 0 aliphatic carbocycles. The van der Waals surface area contributed by atoms with E-state index in [1.165, 1.54) is 9.75 Å². The lowest BCUT2D eigenvalue weighted by Crippen LogP contribution is -1.75. The highest BCUT2D eigenvalue weighted by molar-refractivity contribution is 7.23. The van der Waals surface area contributed by atoms with Crippen LogP contribution in [0.25, 0.3) is 9.75 Å². The summed E-state index contributed by atoms with van der Waals surface area (Å²) in [5.74, 6) is 0. The summed E-state index contributed by atoms with van der Waals surface area (Å²) in [6, 6.07) is 5.90. The van der Waals surface area contributed by atoms with Gasteiger partial charge < -0.3 is 11.5 Å². The zero-order chi connectivity index (χ0) is 8.55. The molecular weight excluding hydrogens is 188 g/mol. The maximum Gasteiger partial charge on any atom is 0.0863 e. The van der Waals surface area contributed by atoms with Gasteiger partial charge in [0.2, 0.25) is 0 Å². The van der Waals surface area contributed by atoms with Crippen LogP contribution in [-0.4, -0.2) is 0 Å². The van der Waals surface area contributed by atoms with Crippen LogP contribution in [0.2, 0.25) is 0 Å². The third-order valence-electron chi connectivity index (χ3n) is 1.49. The third-order valence-corrected chi connectivity index (χ3v) is 3.55. The first-order valence-corrected chi connectivity index (χ1v) is 5.15. The smallest absolute Gasteiger partial charge is 0.0863 e. The molecule has 0 aliphatic rings. The van der Waals surface area contributed by atoms with Gasteiger partial charge in [0.25, 0.3) is 0 Å². The van der Waals surface area contributed by atoms with Crippen molar-refractivity contribution in [3.05, 3.63) is 23.6 Å². The van der Waals surface area contributed by atoms with E-state index in [1.54, 1.807) is 22.7 Å². The lowest BCUT2D eigenvalue weighted by molar-refractivity contribution is 1.86. The van der Waals surface area contributed by atoms with Gasteiger partial charge in [-0.3, -0.25) is 0 Å². The average Bonchev–Trinajstić information content (AvgIpc) is 2.58. The van der Waals surface area contributed by atoms with Gasteiger partial charge >= 0.3 is 0 Å². The van der Waals surface area contributed by atoms with Crippen molar-refractivity contribution in [3.63, 3.8) is 0 Å². The monoisotopic (exact) mass is 196 g/mol. The largest absolute Gasteiger partial charge is 0.398 e. The van der Waals surface area contributed by atoms with E-state index in [-0.39, 0.29) is 0 Å². The van der Waals surface area contributed by atoms with Gasteiger partial charge in [-0.25, -0.2) is 0 Å². The van der Waals surface area contributed by atoms with Crippen LogP contribution in [-0.2, 0) is 0 Å². The van der Waals surface area contributed by atoms with Crippen LogP contribution in [0.15, 0.2) is 23.6 Å². The zero-order valence-electron chi connectivity index (χ0n) is 6.28. The maximum absolute atomic E-state index is 5.61. The van der Waals surface area contributed by atoms with Crippen molar-refractivity contribution in [2.75, 3.05) is 11.5 Å². The number of nitrogens with two attached hydrogens (primary N) is 2. The Hall–Kier alpha value is -1.00. The van der Waals surface area contributed by atoms with E-state index >= 15 is 0 Å². The van der Waals surface area contributed by atoms with Gasteiger partial charge in [0, 0.05) is 20.8 Å². The molecule has 0 fully saturated rings. The number of nitrogen functional groups attached to an aromatic ring is 2. The van der Waals surface area contributed by atoms with Crippen molar-refractivity contribution < 1.29 is 0 Å². The van der Waals surface area contributed by atoms with Gasteiger partial charge in [-0.05, 0) is 18.2 Å². The number of hydrogen-bond acceptors (Lipinski definition) is 4. The summed E-state index contributed by atoms with van der Waals surface area (Å²) in [4.78, 5) is 2.38. The molecule has 0 unspecified atom stereocenters. The average molecular weight is 196 g/mol. The van der Waals surface area contributed by atoms with E-state index in [9.17, 15) is 0 Å². The molecule has 62 valence electrons. The Kier molecular flexibility index (Phi) is 1.78. The minimum Gasteiger partial charge on any atom is -0.398 e. The molecule has 0 atom stereocenters. The Balaban J connectivity index is 2.43. The van der Waals surface area contributed by atoms with Crippen molar-refractivity contribution in [3.8, 4) is 9.75 Å². The zero-order valence-corrected chi connectivity index (χ0v) is 7.91. The molecule has 0 radical (unpaired) electrons. The topological polar surface area (TPSA) is 52.0 Å². The molecule has 0 spiro atoms. The van der Waals surface area contributed by atoms with Crippen molar-refractivity contribution in [2.45, 2.75) is 0 Å². The highest BCUT2D eigenvalue weighted by Gasteiger charge is 2.02. The summed E-state index contributed by atoms with van der Waals surface area (Å²) in [6.07, 6.45) is 0. The van der Waals surface area contributed by atoms with Gasteiger partial charge in [-0.2, -0.15) is 0 Å². The molecular formula is C8H8N2S2. The van der Waals surface area contributed by atoms with E-state index in [4.69, 9.17) is 11.5 Å². The molecule has 4 N–H and O–H groups in total. The van der Waals surface area contributed by atoms with Gasteiger partial charge in [0.1, 0.15) is 0 Å². The first-order chi connectivity index (χ1) is 5.75. The van der Waals surface area contributed by atoms with Crippen LogP contribution in [0.4, 0.5) is 10.7 Å². The number of rotatable bonds is 1. The first-order valence-electron chi connectivity index (χ1n) is 3.45. The minimum absolute atomic E-state index is 0.821. The fraction of sp³-hybridized carbons (Fsp3) is 0. The van der Waals surface area contributed by atoms with Crippen molar-refractivity contribution in [2.24, 2.45) is 0 Å². The van der Waals surface area contributed by atoms with Gasteiger partial charge in [-0.15, -0.1) is 22.7 Å². The van der Waals surface area contributed by atoms with Crippen molar-refractivity contribution in [1.82, 2.24) is 0 Å². The summed E-state index contributed by atoms with van der Waals surface area (Å²) in [5, 5.41) is 2.78. The molecule has 2 aromatic heterocycles. The van der Waals surface area contributed by atoms with Crippen LogP contribution < -0.4 is 11.5 Å². The molecule has 0 bridgehead atoms. The van der Waals surface area contributed by atoms with Gasteiger partial charge in [0.05, 0.1) is 5.00 Å². The van der Waals surface area contributed by atoms with Crippen LogP contribution in [0.1, 0.15) is 0 Å². The van der Waals surface area contributed by atoms with Crippen LogP contribution in [0.5, 0.6) is 0 Å². The molecule has 0 saturated heterocycles. The quantitative estimate of drug-likeness (QED) is 0.736. The van der Waals surface area contributed by atoms with E-state index in [1.807, 2.05) is 23.6 Å². The van der Waals surface area contributed by atoms with E-state index in [0.717, 1.165) is 10.7 Å². The predicted molar refractivity (Wildman–Crippen MR) is 56.5 cm³/mol. The molecule has 0 aromatic carbocycles. The normalized spacial score (nSPS) is 10.3. The van der Waals surface area contributed by atoms with Crippen molar-refractivity contribution in [1.29, 1.82) is 0 Å². The van der Waals surface area contributed by atoms with E-state index < -0.39 is 0 Å². The summed E-state index contributed by atoms with van der Waals surface area (Å²) in [5.41, 5.74) is 12.0. The fourth-order valence-electron chi connectivity index (χ4n) is 0.965. The lowest BCUT2D eigenvalue weighted by atomic mass is 10.4. The summed E-state index contributed by atoms with van der Waals surface area (Å²) >= 11 is 3.23. The second kappa shape index (κ2) is 2.80.